The van der Waals surface area contributed by atoms with Gasteiger partial charge in [0, 0.05) is 18.3 Å². The van der Waals surface area contributed by atoms with E-state index in [2.05, 4.69) is 5.32 Å². The molecule has 0 aromatic heterocycles. The molecular weight excluding hydrogens is 458 g/mol. The van der Waals surface area contributed by atoms with E-state index in [9.17, 15) is 29.4 Å². The molecule has 0 radical (unpaired) electrons. The zero-order valence-electron chi connectivity index (χ0n) is 20.4. The van der Waals surface area contributed by atoms with E-state index >= 15 is 0 Å². The van der Waals surface area contributed by atoms with Crippen LogP contribution in [0.1, 0.15) is 41.0 Å². The van der Waals surface area contributed by atoms with Crippen LogP contribution in [0.15, 0.2) is 35.1 Å². The number of ether oxygens (including phenoxy) is 3. The molecule has 0 saturated carbocycles. The molecule has 0 aromatic carbocycles. The average Bonchev–Trinajstić information content (AvgIpc) is 3.20. The van der Waals surface area contributed by atoms with Crippen LogP contribution in [0.4, 0.5) is 0 Å². The summed E-state index contributed by atoms with van der Waals surface area (Å²) < 4.78 is 18.6. The minimum absolute atomic E-state index is 0.00900. The van der Waals surface area contributed by atoms with E-state index in [1.165, 1.54) is 6.08 Å². The predicted molar refractivity (Wildman–Crippen MR) is 121 cm³/mol. The zero-order valence-corrected chi connectivity index (χ0v) is 20.4. The van der Waals surface area contributed by atoms with Crippen molar-refractivity contribution < 1.29 is 43.6 Å². The molecular formula is C25H31NO9. The molecule has 10 heteroatoms. The first-order chi connectivity index (χ1) is 16.3. The lowest BCUT2D eigenvalue weighted by atomic mass is 9.73. The third-order valence-corrected chi connectivity index (χ3v) is 7.49. The van der Waals surface area contributed by atoms with Gasteiger partial charge in [-0.3, -0.25) is 19.2 Å². The normalized spacial score (nSPS) is 41.7. The van der Waals surface area contributed by atoms with Gasteiger partial charge in [0.05, 0.1) is 18.8 Å². The highest BCUT2D eigenvalue weighted by atomic mass is 16.8. The lowest BCUT2D eigenvalue weighted by Gasteiger charge is -2.56. The molecule has 2 bridgehead atoms. The smallest absolute Gasteiger partial charge is 0.314 e. The van der Waals surface area contributed by atoms with Crippen LogP contribution in [0.3, 0.4) is 0 Å². The summed E-state index contributed by atoms with van der Waals surface area (Å²) in [5.74, 6) is -6.09. The summed E-state index contributed by atoms with van der Waals surface area (Å²) in [6, 6.07) is 0. The number of fused-ring (bicyclic) bond motifs is 1. The SMILES string of the molecule is CC(/C=C/C(O)=C1\C(=O)CNC1=O)=C\[C@@H](C)[C@H]1OC23OC(C(=O)C[C@]2(C)O[C@H](C)C3C(=O)O)[C@@H]1C. The molecule has 4 aliphatic rings. The number of aliphatic hydroxyl groups is 1. The number of rotatable bonds is 5. The number of allylic oxidation sites excluding steroid dienone is 3. The number of hydrogen-bond donors (Lipinski definition) is 3. The van der Waals surface area contributed by atoms with E-state index in [0.29, 0.717) is 5.57 Å². The maximum atomic E-state index is 13.0. The highest BCUT2D eigenvalue weighted by molar-refractivity contribution is 6.25. The molecule has 3 N–H and O–H groups in total. The molecule has 3 unspecified atom stereocenters. The molecule has 190 valence electrons. The van der Waals surface area contributed by atoms with Crippen molar-refractivity contribution >= 4 is 23.4 Å². The van der Waals surface area contributed by atoms with E-state index in [1.54, 1.807) is 26.8 Å². The number of carbonyl (C=O) groups is 4. The number of carboxylic acids is 1. The van der Waals surface area contributed by atoms with Crippen LogP contribution in [0.5, 0.6) is 0 Å². The van der Waals surface area contributed by atoms with E-state index in [1.807, 2.05) is 19.9 Å². The summed E-state index contributed by atoms with van der Waals surface area (Å²) >= 11 is 0. The Balaban J connectivity index is 1.62. The number of amides is 1. The molecule has 4 rings (SSSR count). The number of nitrogens with one attached hydrogen (secondary N) is 1. The van der Waals surface area contributed by atoms with Gasteiger partial charge in [0.1, 0.15) is 29.0 Å². The first-order valence-corrected chi connectivity index (χ1v) is 11.7. The minimum atomic E-state index is -1.60. The molecule has 8 atom stereocenters. The van der Waals surface area contributed by atoms with Crippen LogP contribution in [-0.4, -0.2) is 69.9 Å². The first-order valence-electron chi connectivity index (χ1n) is 11.7. The number of carboxylic acid groups (broad SMARTS) is 1. The van der Waals surface area contributed by atoms with Gasteiger partial charge in [-0.2, -0.15) is 0 Å². The third kappa shape index (κ3) is 3.93. The number of ketones is 2. The third-order valence-electron chi connectivity index (χ3n) is 7.49. The van der Waals surface area contributed by atoms with Crippen molar-refractivity contribution in [3.63, 3.8) is 0 Å². The van der Waals surface area contributed by atoms with E-state index in [4.69, 9.17) is 14.2 Å². The van der Waals surface area contributed by atoms with Crippen molar-refractivity contribution in [1.82, 2.24) is 5.32 Å². The molecule has 0 aliphatic carbocycles. The van der Waals surface area contributed by atoms with Gasteiger partial charge in [-0.05, 0) is 26.8 Å². The molecule has 4 saturated heterocycles. The fourth-order valence-electron chi connectivity index (χ4n) is 5.89. The second-order valence-corrected chi connectivity index (χ2v) is 10.1. The molecule has 4 fully saturated rings. The van der Waals surface area contributed by atoms with Crippen molar-refractivity contribution in [2.24, 2.45) is 17.8 Å². The maximum absolute atomic E-state index is 13.0. The van der Waals surface area contributed by atoms with Crippen LogP contribution in [0.25, 0.3) is 0 Å². The Hall–Kier alpha value is -2.82. The van der Waals surface area contributed by atoms with Crippen molar-refractivity contribution in [1.29, 1.82) is 0 Å². The zero-order chi connectivity index (χ0) is 25.9. The Morgan fingerprint density at radius 2 is 1.83 bits per heavy atom. The maximum Gasteiger partial charge on any atom is 0.314 e. The summed E-state index contributed by atoms with van der Waals surface area (Å²) in [6.45, 7) is 8.68. The number of aliphatic hydroxyl groups excluding tert-OH is 1. The average molecular weight is 490 g/mol. The topological polar surface area (TPSA) is 148 Å². The largest absolute Gasteiger partial charge is 0.507 e. The number of carbonyl (C=O) groups excluding carboxylic acids is 3. The summed E-state index contributed by atoms with van der Waals surface area (Å²) in [4.78, 5) is 48.7. The van der Waals surface area contributed by atoms with Crippen LogP contribution in [0, 0.1) is 17.8 Å². The monoisotopic (exact) mass is 489 g/mol. The van der Waals surface area contributed by atoms with Crippen LogP contribution >= 0.6 is 0 Å². The van der Waals surface area contributed by atoms with Gasteiger partial charge in [-0.25, -0.2) is 0 Å². The van der Waals surface area contributed by atoms with E-state index < -0.39 is 59.0 Å². The van der Waals surface area contributed by atoms with E-state index in [-0.39, 0.29) is 36.2 Å². The Morgan fingerprint density at radius 1 is 1.14 bits per heavy atom. The Kier molecular flexibility index (Phi) is 6.27. The number of hydrogen-bond acceptors (Lipinski definition) is 8. The molecule has 35 heavy (non-hydrogen) atoms. The summed E-state index contributed by atoms with van der Waals surface area (Å²) in [6.07, 6.45) is 2.65. The minimum Gasteiger partial charge on any atom is -0.507 e. The van der Waals surface area contributed by atoms with Gasteiger partial charge < -0.3 is 29.7 Å². The Bertz CT molecular complexity index is 1060. The van der Waals surface area contributed by atoms with Crippen molar-refractivity contribution in [2.75, 3.05) is 6.54 Å². The van der Waals surface area contributed by atoms with Crippen LogP contribution in [-0.2, 0) is 33.4 Å². The van der Waals surface area contributed by atoms with Gasteiger partial charge in [-0.1, -0.05) is 31.6 Å². The van der Waals surface area contributed by atoms with Gasteiger partial charge >= 0.3 is 5.97 Å². The predicted octanol–water partition coefficient (Wildman–Crippen LogP) is 1.60. The number of Topliss-reactive ketones (excluding diaryl/α,β-unsaturated/α-hetero) is 2. The van der Waals surface area contributed by atoms with Gasteiger partial charge in [0.15, 0.2) is 11.6 Å². The van der Waals surface area contributed by atoms with Crippen molar-refractivity contribution in [3.8, 4) is 0 Å². The molecule has 10 nitrogen and oxygen atoms in total. The highest BCUT2D eigenvalue weighted by Gasteiger charge is 2.74. The Morgan fingerprint density at radius 3 is 2.43 bits per heavy atom. The lowest BCUT2D eigenvalue weighted by molar-refractivity contribution is -0.387. The molecule has 4 aliphatic heterocycles. The standard InChI is InChI=1S/C25H31NO9/c1-11(6-7-15(27)18-17(29)10-26-22(18)30)8-12(2)20-13(3)21-16(28)9-24(5)25(34-20,35-21)19(23(31)32)14(4)33-24/h6-8,12-14,19-21,27H,9-10H2,1-5H3,(H,26,30)(H,31,32)/b7-6+,11-8+,18-15-/t12-,13-,14-,19?,20-,21?,24+,25?/m1/s1. The highest BCUT2D eigenvalue weighted by Crippen LogP contribution is 2.57. The van der Waals surface area contributed by atoms with Gasteiger partial charge in [0.25, 0.3) is 5.91 Å². The molecule has 1 amide bonds. The molecule has 0 aromatic rings. The second-order valence-electron chi connectivity index (χ2n) is 10.1. The van der Waals surface area contributed by atoms with Gasteiger partial charge in [0.2, 0.25) is 5.79 Å². The summed E-state index contributed by atoms with van der Waals surface area (Å²) in [5, 5.41) is 22.5. The Labute approximate surface area is 203 Å². The van der Waals surface area contributed by atoms with Gasteiger partial charge in [-0.15, -0.1) is 0 Å². The van der Waals surface area contributed by atoms with Crippen LogP contribution < -0.4 is 5.32 Å². The fraction of sp³-hybridized carbons (Fsp3) is 0.600. The molecule has 4 heterocycles. The summed E-state index contributed by atoms with van der Waals surface area (Å²) in [7, 11) is 0. The van der Waals surface area contributed by atoms with Crippen LogP contribution in [0.2, 0.25) is 0 Å². The number of aliphatic carboxylic acids is 1. The first kappa shape index (κ1) is 25.3. The lowest BCUT2D eigenvalue weighted by Crippen LogP contribution is -2.71. The second kappa shape index (κ2) is 8.69. The van der Waals surface area contributed by atoms with E-state index in [0.717, 1.165) is 0 Å². The fourth-order valence-corrected chi connectivity index (χ4v) is 5.89. The van der Waals surface area contributed by atoms with Crippen molar-refractivity contribution in [2.45, 2.75) is 70.7 Å². The quantitative estimate of drug-likeness (QED) is 0.227. The molecule has 1 spiro atoms. The van der Waals surface area contributed by atoms with Crippen molar-refractivity contribution in [3.05, 3.63) is 35.1 Å². The summed E-state index contributed by atoms with van der Waals surface area (Å²) in [5.41, 5.74) is -0.796.